The van der Waals surface area contributed by atoms with Crippen LogP contribution in [0.25, 0.3) is 0 Å². The molecule has 2 N–H and O–H groups in total. The molecule has 0 saturated heterocycles. The topological polar surface area (TPSA) is 93.2 Å². The average Bonchev–Trinajstić information content (AvgIpc) is 2.66. The normalized spacial score (nSPS) is 11.5. The first-order valence-electron chi connectivity index (χ1n) is 8.79. The van der Waals surface area contributed by atoms with Gasteiger partial charge in [-0.2, -0.15) is 0 Å². The Labute approximate surface area is 155 Å². The molecule has 142 valence electrons. The summed E-state index contributed by atoms with van der Waals surface area (Å²) in [6.45, 7) is 6.84. The van der Waals surface area contributed by atoms with Gasteiger partial charge >= 0.3 is 0 Å². The van der Waals surface area contributed by atoms with Crippen molar-refractivity contribution in [2.75, 3.05) is 11.9 Å². The van der Waals surface area contributed by atoms with Crippen LogP contribution >= 0.6 is 0 Å². The number of hydrogen-bond donors (Lipinski definition) is 2. The third-order valence-corrected chi connectivity index (χ3v) is 5.45. The van der Waals surface area contributed by atoms with E-state index in [1.54, 1.807) is 18.3 Å². The molecular formula is C18H26N4O3S. The van der Waals surface area contributed by atoms with Gasteiger partial charge in [0.2, 0.25) is 15.9 Å². The molecule has 0 aliphatic rings. The van der Waals surface area contributed by atoms with Gasteiger partial charge in [-0.15, -0.1) is 0 Å². The number of nitrogens with one attached hydrogen (secondary N) is 2. The van der Waals surface area contributed by atoms with Gasteiger partial charge in [-0.25, -0.2) is 23.1 Å². The third kappa shape index (κ3) is 5.40. The second kappa shape index (κ2) is 9.49. The standard InChI is InChI=1S/C18H26N4O3S/c1-4-15(5-2)22-26(23,24)16-9-10-17(21-13-16)20-12-14-8-7-11-19-18(14)25-6-3/h7-11,13,15,22H,4-6,12H2,1-3H3,(H,20,21). The Balaban J connectivity index is 2.04. The summed E-state index contributed by atoms with van der Waals surface area (Å²) in [5.74, 6) is 1.16. The fourth-order valence-electron chi connectivity index (χ4n) is 2.40. The van der Waals surface area contributed by atoms with Crippen molar-refractivity contribution in [2.45, 2.75) is 51.1 Å². The summed E-state index contributed by atoms with van der Waals surface area (Å²) < 4.78 is 32.9. The van der Waals surface area contributed by atoms with Crippen molar-refractivity contribution in [1.82, 2.24) is 14.7 Å². The predicted octanol–water partition coefficient (Wildman–Crippen LogP) is 2.95. The Bertz CT molecular complexity index is 790. The molecule has 0 amide bonds. The van der Waals surface area contributed by atoms with E-state index in [1.165, 1.54) is 6.20 Å². The summed E-state index contributed by atoms with van der Waals surface area (Å²) in [4.78, 5) is 8.56. The molecule has 2 aromatic rings. The summed E-state index contributed by atoms with van der Waals surface area (Å²) in [5, 5.41) is 3.16. The number of hydrogen-bond acceptors (Lipinski definition) is 6. The number of anilines is 1. The van der Waals surface area contributed by atoms with Gasteiger partial charge in [0.25, 0.3) is 0 Å². The van der Waals surface area contributed by atoms with Gasteiger partial charge in [-0.3, -0.25) is 0 Å². The second-order valence-electron chi connectivity index (χ2n) is 5.77. The monoisotopic (exact) mass is 378 g/mol. The van der Waals surface area contributed by atoms with Crippen LogP contribution < -0.4 is 14.8 Å². The fraction of sp³-hybridized carbons (Fsp3) is 0.444. The van der Waals surface area contributed by atoms with E-state index in [1.807, 2.05) is 32.9 Å². The SMILES string of the molecule is CCOc1ncccc1CNc1ccc(S(=O)(=O)NC(CC)CC)cn1. The molecule has 0 spiro atoms. The minimum absolute atomic E-state index is 0.0691. The van der Waals surface area contributed by atoms with Crippen LogP contribution in [0, 0.1) is 0 Å². The molecule has 0 bridgehead atoms. The number of aromatic nitrogens is 2. The first-order valence-corrected chi connectivity index (χ1v) is 10.3. The molecular weight excluding hydrogens is 352 g/mol. The van der Waals surface area contributed by atoms with Crippen LogP contribution in [0.1, 0.15) is 39.2 Å². The van der Waals surface area contributed by atoms with E-state index < -0.39 is 10.0 Å². The van der Waals surface area contributed by atoms with Gasteiger partial charge in [0.15, 0.2) is 0 Å². The van der Waals surface area contributed by atoms with Crippen molar-refractivity contribution in [2.24, 2.45) is 0 Å². The van der Waals surface area contributed by atoms with Gasteiger partial charge < -0.3 is 10.1 Å². The summed E-state index contributed by atoms with van der Waals surface area (Å²) in [6.07, 6.45) is 4.53. The van der Waals surface area contributed by atoms with Crippen LogP contribution in [-0.4, -0.2) is 31.0 Å². The molecule has 0 atom stereocenters. The van der Waals surface area contributed by atoms with Gasteiger partial charge in [-0.1, -0.05) is 19.9 Å². The van der Waals surface area contributed by atoms with Crippen molar-refractivity contribution >= 4 is 15.8 Å². The van der Waals surface area contributed by atoms with E-state index in [4.69, 9.17) is 4.74 Å². The Morgan fingerprint density at radius 1 is 1.12 bits per heavy atom. The van der Waals surface area contributed by atoms with Gasteiger partial charge in [0.05, 0.1) is 6.61 Å². The van der Waals surface area contributed by atoms with E-state index in [2.05, 4.69) is 20.0 Å². The highest BCUT2D eigenvalue weighted by atomic mass is 32.2. The molecule has 2 heterocycles. The molecule has 7 nitrogen and oxygen atoms in total. The summed E-state index contributed by atoms with van der Waals surface area (Å²) in [7, 11) is -3.55. The summed E-state index contributed by atoms with van der Waals surface area (Å²) >= 11 is 0. The van der Waals surface area contributed by atoms with Crippen molar-refractivity contribution in [3.05, 3.63) is 42.2 Å². The molecule has 26 heavy (non-hydrogen) atoms. The van der Waals surface area contributed by atoms with Crippen molar-refractivity contribution in [1.29, 1.82) is 0 Å². The van der Waals surface area contributed by atoms with E-state index in [0.29, 0.717) is 24.8 Å². The van der Waals surface area contributed by atoms with Crippen molar-refractivity contribution in [3.63, 3.8) is 0 Å². The highest BCUT2D eigenvalue weighted by molar-refractivity contribution is 7.89. The zero-order chi connectivity index (χ0) is 19.0. The fourth-order valence-corrected chi connectivity index (χ4v) is 3.74. The number of sulfonamides is 1. The second-order valence-corrected chi connectivity index (χ2v) is 7.48. The maximum Gasteiger partial charge on any atom is 0.242 e. The minimum Gasteiger partial charge on any atom is -0.478 e. The molecule has 0 radical (unpaired) electrons. The zero-order valence-electron chi connectivity index (χ0n) is 15.4. The third-order valence-electron chi connectivity index (χ3n) is 3.95. The molecule has 8 heteroatoms. The number of rotatable bonds is 10. The largest absolute Gasteiger partial charge is 0.478 e. The van der Waals surface area contributed by atoms with E-state index in [0.717, 1.165) is 18.4 Å². The molecule has 0 aliphatic heterocycles. The van der Waals surface area contributed by atoms with Gasteiger partial charge in [-0.05, 0) is 38.0 Å². The van der Waals surface area contributed by atoms with Gasteiger partial charge in [0, 0.05) is 30.5 Å². The number of nitrogens with zero attached hydrogens (tertiary/aromatic N) is 2. The van der Waals surface area contributed by atoms with E-state index >= 15 is 0 Å². The van der Waals surface area contributed by atoms with Crippen LogP contribution in [-0.2, 0) is 16.6 Å². The van der Waals surface area contributed by atoms with Crippen molar-refractivity contribution in [3.8, 4) is 5.88 Å². The molecule has 2 rings (SSSR count). The molecule has 0 unspecified atom stereocenters. The molecule has 0 aliphatic carbocycles. The van der Waals surface area contributed by atoms with Crippen LogP contribution in [0.2, 0.25) is 0 Å². The van der Waals surface area contributed by atoms with E-state index in [-0.39, 0.29) is 10.9 Å². The lowest BCUT2D eigenvalue weighted by molar-refractivity contribution is 0.323. The van der Waals surface area contributed by atoms with Crippen LogP contribution in [0.5, 0.6) is 5.88 Å². The number of pyridine rings is 2. The lowest BCUT2D eigenvalue weighted by Gasteiger charge is -2.15. The Kier molecular flexibility index (Phi) is 7.35. The first kappa shape index (κ1) is 20.1. The van der Waals surface area contributed by atoms with Crippen LogP contribution in [0.4, 0.5) is 5.82 Å². The highest BCUT2D eigenvalue weighted by Gasteiger charge is 2.18. The average molecular weight is 378 g/mol. The number of ether oxygens (including phenoxy) is 1. The zero-order valence-corrected chi connectivity index (χ0v) is 16.2. The van der Waals surface area contributed by atoms with Crippen LogP contribution in [0.3, 0.4) is 0 Å². The van der Waals surface area contributed by atoms with Crippen LogP contribution in [0.15, 0.2) is 41.6 Å². The maximum atomic E-state index is 12.4. The minimum atomic E-state index is -3.55. The van der Waals surface area contributed by atoms with Crippen molar-refractivity contribution < 1.29 is 13.2 Å². The first-order chi connectivity index (χ1) is 12.5. The summed E-state index contributed by atoms with van der Waals surface area (Å²) in [6, 6.07) is 6.89. The lowest BCUT2D eigenvalue weighted by Crippen LogP contribution is -2.33. The molecule has 0 fully saturated rings. The highest BCUT2D eigenvalue weighted by Crippen LogP contribution is 2.17. The summed E-state index contributed by atoms with van der Waals surface area (Å²) in [5.41, 5.74) is 0.906. The quantitative estimate of drug-likeness (QED) is 0.660. The van der Waals surface area contributed by atoms with E-state index in [9.17, 15) is 8.42 Å². The smallest absolute Gasteiger partial charge is 0.242 e. The maximum absolute atomic E-state index is 12.4. The molecule has 0 saturated carbocycles. The lowest BCUT2D eigenvalue weighted by atomic mass is 10.2. The Morgan fingerprint density at radius 3 is 2.50 bits per heavy atom. The predicted molar refractivity (Wildman–Crippen MR) is 102 cm³/mol. The van der Waals surface area contributed by atoms with Gasteiger partial charge in [0.1, 0.15) is 10.7 Å². The Morgan fingerprint density at radius 2 is 1.88 bits per heavy atom. The molecule has 0 aromatic carbocycles. The molecule has 2 aromatic heterocycles. The Hall–Kier alpha value is -2.19.